The molecule has 0 fully saturated rings. The SMILES string of the molecule is CN.OCCCC(CO)CO. The fourth-order valence-corrected chi connectivity index (χ4v) is 0.620. The maximum atomic E-state index is 8.51. The zero-order valence-corrected chi connectivity index (χ0v) is 7.03. The Morgan fingerprint density at radius 2 is 1.55 bits per heavy atom. The second-order valence-corrected chi connectivity index (χ2v) is 2.10. The highest BCUT2D eigenvalue weighted by molar-refractivity contribution is 4.53. The topological polar surface area (TPSA) is 86.7 Å². The molecule has 4 nitrogen and oxygen atoms in total. The first-order valence-electron chi connectivity index (χ1n) is 3.75. The molecule has 0 unspecified atom stereocenters. The molecule has 5 N–H and O–H groups in total. The molecule has 0 saturated carbocycles. The Bertz CT molecular complexity index is 57.6. The molecule has 0 bridgehead atoms. The Balaban J connectivity index is 0. The van der Waals surface area contributed by atoms with Gasteiger partial charge in [-0.1, -0.05) is 0 Å². The van der Waals surface area contributed by atoms with Crippen molar-refractivity contribution in [1.82, 2.24) is 0 Å². The Morgan fingerprint density at radius 3 is 1.82 bits per heavy atom. The molecule has 0 aliphatic carbocycles. The number of hydrogen-bond donors (Lipinski definition) is 4. The van der Waals surface area contributed by atoms with E-state index < -0.39 is 0 Å². The van der Waals surface area contributed by atoms with E-state index in [9.17, 15) is 0 Å². The maximum absolute atomic E-state index is 8.51. The van der Waals surface area contributed by atoms with E-state index in [-0.39, 0.29) is 25.7 Å². The lowest BCUT2D eigenvalue weighted by Crippen LogP contribution is -2.11. The highest BCUT2D eigenvalue weighted by atomic mass is 16.3. The lowest BCUT2D eigenvalue weighted by Gasteiger charge is -2.07. The minimum absolute atomic E-state index is 0.0104. The number of rotatable bonds is 5. The average molecular weight is 165 g/mol. The molecular formula is C7H19NO3. The molecule has 0 heterocycles. The van der Waals surface area contributed by atoms with Gasteiger partial charge < -0.3 is 21.1 Å². The second kappa shape index (κ2) is 12.5. The molecule has 0 spiro atoms. The van der Waals surface area contributed by atoms with Crippen LogP contribution in [0.1, 0.15) is 12.8 Å². The molecule has 0 rings (SSSR count). The molecule has 0 saturated heterocycles. The zero-order valence-electron chi connectivity index (χ0n) is 7.03. The minimum Gasteiger partial charge on any atom is -0.396 e. The summed E-state index contributed by atoms with van der Waals surface area (Å²) in [6.45, 7) is 0.156. The van der Waals surface area contributed by atoms with E-state index in [0.717, 1.165) is 0 Å². The molecule has 4 heteroatoms. The van der Waals surface area contributed by atoms with Gasteiger partial charge in [0, 0.05) is 25.7 Å². The summed E-state index contributed by atoms with van der Waals surface area (Å²) in [4.78, 5) is 0. The van der Waals surface area contributed by atoms with Crippen LogP contribution in [0.4, 0.5) is 0 Å². The Kier molecular flexibility index (Phi) is 15.3. The summed E-state index contributed by atoms with van der Waals surface area (Å²) in [5.74, 6) is -0.0443. The summed E-state index contributed by atoms with van der Waals surface area (Å²) in [6.07, 6.45) is 1.36. The average Bonchev–Trinajstić information content (AvgIpc) is 2.10. The molecule has 70 valence electrons. The molecule has 0 radical (unpaired) electrons. The molecule has 0 aliphatic heterocycles. The van der Waals surface area contributed by atoms with Crippen LogP contribution in [0.2, 0.25) is 0 Å². The van der Waals surface area contributed by atoms with E-state index in [2.05, 4.69) is 5.73 Å². The molecule has 11 heavy (non-hydrogen) atoms. The summed E-state index contributed by atoms with van der Waals surface area (Å²) in [5, 5.41) is 25.4. The first-order valence-corrected chi connectivity index (χ1v) is 3.75. The summed E-state index contributed by atoms with van der Waals surface area (Å²) >= 11 is 0. The highest BCUT2D eigenvalue weighted by Crippen LogP contribution is 2.02. The van der Waals surface area contributed by atoms with E-state index in [1.54, 1.807) is 0 Å². The van der Waals surface area contributed by atoms with E-state index in [4.69, 9.17) is 15.3 Å². The van der Waals surface area contributed by atoms with E-state index >= 15 is 0 Å². The number of aliphatic hydroxyl groups is 3. The zero-order chi connectivity index (χ0) is 9.11. The fraction of sp³-hybridized carbons (Fsp3) is 1.00. The van der Waals surface area contributed by atoms with Crippen LogP contribution in [-0.4, -0.2) is 42.2 Å². The summed E-state index contributed by atoms with van der Waals surface area (Å²) in [6, 6.07) is 0. The van der Waals surface area contributed by atoms with Crippen molar-refractivity contribution >= 4 is 0 Å². The van der Waals surface area contributed by atoms with E-state index in [0.29, 0.717) is 12.8 Å². The van der Waals surface area contributed by atoms with Gasteiger partial charge in [0.05, 0.1) is 0 Å². The largest absolute Gasteiger partial charge is 0.396 e. The van der Waals surface area contributed by atoms with Crippen LogP contribution < -0.4 is 5.73 Å². The van der Waals surface area contributed by atoms with Crippen LogP contribution in [-0.2, 0) is 0 Å². The van der Waals surface area contributed by atoms with Gasteiger partial charge in [-0.15, -0.1) is 0 Å². The molecule has 0 aliphatic rings. The lowest BCUT2D eigenvalue weighted by atomic mass is 10.1. The minimum atomic E-state index is -0.0443. The third kappa shape index (κ3) is 9.84. The summed E-state index contributed by atoms with van der Waals surface area (Å²) in [5.41, 5.74) is 4.50. The van der Waals surface area contributed by atoms with Crippen LogP contribution in [0.5, 0.6) is 0 Å². The first-order chi connectivity index (χ1) is 5.35. The quantitative estimate of drug-likeness (QED) is 0.418. The highest BCUT2D eigenvalue weighted by Gasteiger charge is 2.03. The van der Waals surface area contributed by atoms with Crippen molar-refractivity contribution in [2.75, 3.05) is 26.9 Å². The third-order valence-electron chi connectivity index (χ3n) is 1.29. The van der Waals surface area contributed by atoms with Crippen molar-refractivity contribution in [1.29, 1.82) is 0 Å². The van der Waals surface area contributed by atoms with Gasteiger partial charge in [0.25, 0.3) is 0 Å². The summed E-state index contributed by atoms with van der Waals surface area (Å²) < 4.78 is 0. The van der Waals surface area contributed by atoms with Crippen LogP contribution in [0.3, 0.4) is 0 Å². The van der Waals surface area contributed by atoms with Gasteiger partial charge >= 0.3 is 0 Å². The number of nitrogens with two attached hydrogens (primary N) is 1. The molecular weight excluding hydrogens is 146 g/mol. The van der Waals surface area contributed by atoms with Crippen molar-refractivity contribution < 1.29 is 15.3 Å². The Hall–Kier alpha value is -0.160. The van der Waals surface area contributed by atoms with E-state index in [1.165, 1.54) is 7.05 Å². The first kappa shape index (κ1) is 13.4. The molecule has 0 aromatic rings. The lowest BCUT2D eigenvalue weighted by molar-refractivity contribution is 0.136. The Morgan fingerprint density at radius 1 is 1.09 bits per heavy atom. The van der Waals surface area contributed by atoms with Crippen LogP contribution >= 0.6 is 0 Å². The van der Waals surface area contributed by atoms with Gasteiger partial charge in [-0.2, -0.15) is 0 Å². The van der Waals surface area contributed by atoms with Gasteiger partial charge in [-0.3, -0.25) is 0 Å². The van der Waals surface area contributed by atoms with Gasteiger partial charge in [-0.05, 0) is 19.9 Å². The van der Waals surface area contributed by atoms with Crippen LogP contribution in [0, 0.1) is 5.92 Å². The van der Waals surface area contributed by atoms with E-state index in [1.807, 2.05) is 0 Å². The molecule has 0 aromatic carbocycles. The predicted molar refractivity (Wildman–Crippen MR) is 44.1 cm³/mol. The van der Waals surface area contributed by atoms with Crippen molar-refractivity contribution in [2.45, 2.75) is 12.8 Å². The standard InChI is InChI=1S/C6H14O3.CH5N/c7-3-1-2-6(4-8)5-9;1-2/h6-9H,1-5H2;2H2,1H3. The number of aliphatic hydroxyl groups excluding tert-OH is 3. The van der Waals surface area contributed by atoms with Gasteiger partial charge in [-0.25, -0.2) is 0 Å². The Labute approximate surface area is 67.7 Å². The normalized spacial score (nSPS) is 9.27. The third-order valence-corrected chi connectivity index (χ3v) is 1.29. The predicted octanol–water partition coefficient (Wildman–Crippen LogP) is -1.07. The van der Waals surface area contributed by atoms with Crippen LogP contribution in [0.25, 0.3) is 0 Å². The molecule has 0 atom stereocenters. The van der Waals surface area contributed by atoms with Crippen molar-refractivity contribution in [3.8, 4) is 0 Å². The van der Waals surface area contributed by atoms with Gasteiger partial charge in [0.1, 0.15) is 0 Å². The molecule has 0 aromatic heterocycles. The summed E-state index contributed by atoms with van der Waals surface area (Å²) in [7, 11) is 1.50. The molecule has 0 amide bonds. The second-order valence-electron chi connectivity index (χ2n) is 2.10. The van der Waals surface area contributed by atoms with Crippen molar-refractivity contribution in [2.24, 2.45) is 11.7 Å². The van der Waals surface area contributed by atoms with Gasteiger partial charge in [0.15, 0.2) is 0 Å². The fourth-order valence-electron chi connectivity index (χ4n) is 0.620. The maximum Gasteiger partial charge on any atom is 0.0481 e. The van der Waals surface area contributed by atoms with Crippen molar-refractivity contribution in [3.63, 3.8) is 0 Å². The monoisotopic (exact) mass is 165 g/mol. The smallest absolute Gasteiger partial charge is 0.0481 e. The van der Waals surface area contributed by atoms with Crippen molar-refractivity contribution in [3.05, 3.63) is 0 Å². The van der Waals surface area contributed by atoms with Gasteiger partial charge in [0.2, 0.25) is 0 Å². The number of hydrogen-bond acceptors (Lipinski definition) is 4. The van der Waals surface area contributed by atoms with Crippen LogP contribution in [0.15, 0.2) is 0 Å².